The standard InChI is InChI=1S/C7H5NO3S.CH4N2O/c9-7-5-3-1-2-4-6(5)12(10,11)8-7;2-1(3)4/h1-4H,(H,8,9);(H4,2,3,4). The summed E-state index contributed by atoms with van der Waals surface area (Å²) in [5, 5.41) is 0. The van der Waals surface area contributed by atoms with Gasteiger partial charge in [-0.1, -0.05) is 12.1 Å². The minimum Gasteiger partial charge on any atom is -0.352 e. The van der Waals surface area contributed by atoms with Crippen LogP contribution in [-0.2, 0) is 10.0 Å². The number of carbonyl (C=O) groups excluding carboxylic acids is 2. The van der Waals surface area contributed by atoms with Crippen LogP contribution in [-0.4, -0.2) is 20.4 Å². The molecule has 0 fully saturated rings. The number of nitrogens with one attached hydrogen (secondary N) is 1. The lowest BCUT2D eigenvalue weighted by atomic mass is 10.2. The smallest absolute Gasteiger partial charge is 0.309 e. The van der Waals surface area contributed by atoms with Gasteiger partial charge in [0.05, 0.1) is 5.56 Å². The molecule has 7 nitrogen and oxygen atoms in total. The summed E-state index contributed by atoms with van der Waals surface area (Å²) < 4.78 is 24.2. The van der Waals surface area contributed by atoms with Crippen LogP contribution in [0.15, 0.2) is 29.2 Å². The average Bonchev–Trinajstić information content (AvgIpc) is 2.38. The molecular formula is C8H9N3O4S. The van der Waals surface area contributed by atoms with Crippen molar-refractivity contribution in [3.05, 3.63) is 29.8 Å². The molecule has 5 N–H and O–H groups in total. The molecule has 1 aromatic rings. The normalized spacial score (nSPS) is 15.4. The van der Waals surface area contributed by atoms with Crippen molar-refractivity contribution in [1.82, 2.24) is 4.72 Å². The number of amides is 3. The number of fused-ring (bicyclic) bond motifs is 1. The summed E-state index contributed by atoms with van der Waals surface area (Å²) in [5.74, 6) is -0.550. The molecule has 1 heterocycles. The fraction of sp³-hybridized carbons (Fsp3) is 0. The summed E-state index contributed by atoms with van der Waals surface area (Å²) in [6.07, 6.45) is 0. The lowest BCUT2D eigenvalue weighted by molar-refractivity contribution is 0.0985. The van der Waals surface area contributed by atoms with E-state index in [1.165, 1.54) is 12.1 Å². The highest BCUT2D eigenvalue weighted by Crippen LogP contribution is 2.20. The molecule has 0 atom stereocenters. The van der Waals surface area contributed by atoms with Gasteiger partial charge >= 0.3 is 6.03 Å². The second kappa shape index (κ2) is 4.19. The van der Waals surface area contributed by atoms with E-state index in [9.17, 15) is 13.2 Å². The predicted octanol–water partition coefficient (Wildman–Crippen LogP) is -0.857. The van der Waals surface area contributed by atoms with Crippen molar-refractivity contribution < 1.29 is 18.0 Å². The molecule has 0 bridgehead atoms. The van der Waals surface area contributed by atoms with Gasteiger partial charge in [0.2, 0.25) is 0 Å². The molecule has 86 valence electrons. The van der Waals surface area contributed by atoms with E-state index in [4.69, 9.17) is 4.79 Å². The van der Waals surface area contributed by atoms with Gasteiger partial charge in [0, 0.05) is 0 Å². The first-order valence-corrected chi connectivity index (χ1v) is 5.54. The number of primary amides is 2. The molecule has 0 aliphatic carbocycles. The van der Waals surface area contributed by atoms with Gasteiger partial charge in [0.25, 0.3) is 15.9 Å². The third-order valence-corrected chi connectivity index (χ3v) is 3.04. The molecule has 0 spiro atoms. The molecule has 16 heavy (non-hydrogen) atoms. The summed E-state index contributed by atoms with van der Waals surface area (Å²) in [5.41, 5.74) is 8.72. The molecule has 0 saturated carbocycles. The molecule has 0 saturated heterocycles. The average molecular weight is 243 g/mol. The Morgan fingerprint density at radius 1 is 1.19 bits per heavy atom. The summed E-state index contributed by atoms with van der Waals surface area (Å²) >= 11 is 0. The first kappa shape index (κ1) is 12.0. The minimum absolute atomic E-state index is 0.0648. The number of hydrogen-bond acceptors (Lipinski definition) is 4. The zero-order chi connectivity index (χ0) is 12.3. The van der Waals surface area contributed by atoms with Gasteiger partial charge in [-0.25, -0.2) is 17.9 Å². The molecule has 2 rings (SSSR count). The van der Waals surface area contributed by atoms with Crippen molar-refractivity contribution in [2.75, 3.05) is 0 Å². The highest BCUT2D eigenvalue weighted by atomic mass is 32.2. The predicted molar refractivity (Wildman–Crippen MR) is 54.9 cm³/mol. The van der Waals surface area contributed by atoms with E-state index in [0.29, 0.717) is 0 Å². The van der Waals surface area contributed by atoms with Gasteiger partial charge in [-0.05, 0) is 12.1 Å². The van der Waals surface area contributed by atoms with Crippen LogP contribution in [0.25, 0.3) is 0 Å². The Bertz CT molecular complexity index is 534. The van der Waals surface area contributed by atoms with Gasteiger partial charge in [0.15, 0.2) is 0 Å². The van der Waals surface area contributed by atoms with E-state index in [-0.39, 0.29) is 10.5 Å². The van der Waals surface area contributed by atoms with Crippen LogP contribution in [0.4, 0.5) is 4.79 Å². The number of urea groups is 1. The molecule has 8 heteroatoms. The first-order chi connectivity index (χ1) is 7.34. The fourth-order valence-electron chi connectivity index (χ4n) is 1.12. The molecule has 3 amide bonds. The maximum absolute atomic E-state index is 11.1. The maximum Gasteiger partial charge on any atom is 0.309 e. The van der Waals surface area contributed by atoms with Crippen LogP contribution in [0.1, 0.15) is 10.4 Å². The number of benzene rings is 1. The van der Waals surface area contributed by atoms with Gasteiger partial charge in [-0.2, -0.15) is 0 Å². The lowest BCUT2D eigenvalue weighted by Crippen LogP contribution is -2.20. The Hall–Kier alpha value is -2.09. The number of hydrogen-bond donors (Lipinski definition) is 3. The van der Waals surface area contributed by atoms with Crippen LogP contribution in [0, 0.1) is 0 Å². The second-order valence-electron chi connectivity index (χ2n) is 2.83. The van der Waals surface area contributed by atoms with Gasteiger partial charge < -0.3 is 11.5 Å². The van der Waals surface area contributed by atoms with E-state index < -0.39 is 22.0 Å². The molecule has 1 aliphatic heterocycles. The summed E-state index contributed by atoms with van der Waals surface area (Å²) in [7, 11) is -3.55. The third-order valence-electron chi connectivity index (χ3n) is 1.65. The molecule has 0 radical (unpaired) electrons. The van der Waals surface area contributed by atoms with Gasteiger partial charge in [-0.15, -0.1) is 0 Å². The Morgan fingerprint density at radius 3 is 2.19 bits per heavy atom. The zero-order valence-electron chi connectivity index (χ0n) is 8.01. The highest BCUT2D eigenvalue weighted by Gasteiger charge is 2.31. The first-order valence-electron chi connectivity index (χ1n) is 4.05. The van der Waals surface area contributed by atoms with E-state index in [1.54, 1.807) is 12.1 Å². The molecule has 0 unspecified atom stereocenters. The minimum atomic E-state index is -3.55. The fourth-order valence-corrected chi connectivity index (χ4v) is 2.29. The Labute approximate surface area is 91.5 Å². The van der Waals surface area contributed by atoms with Crippen LogP contribution in [0.5, 0.6) is 0 Å². The van der Waals surface area contributed by atoms with Gasteiger partial charge in [0.1, 0.15) is 4.90 Å². The SMILES string of the molecule is NC(N)=O.O=C1NS(=O)(=O)c2ccccc21. The van der Waals surface area contributed by atoms with Crippen molar-refractivity contribution in [2.45, 2.75) is 4.90 Å². The summed E-state index contributed by atoms with van der Waals surface area (Å²) in [4.78, 5) is 20.1. The zero-order valence-corrected chi connectivity index (χ0v) is 8.82. The summed E-state index contributed by atoms with van der Waals surface area (Å²) in [6, 6.07) is 5.26. The number of sulfonamides is 1. The van der Waals surface area contributed by atoms with Crippen LogP contribution in [0.3, 0.4) is 0 Å². The van der Waals surface area contributed by atoms with Crippen molar-refractivity contribution in [3.8, 4) is 0 Å². The summed E-state index contributed by atoms with van der Waals surface area (Å²) in [6.45, 7) is 0. The second-order valence-corrected chi connectivity index (χ2v) is 4.48. The maximum atomic E-state index is 11.1. The number of nitrogens with two attached hydrogens (primary N) is 2. The van der Waals surface area contributed by atoms with Crippen LogP contribution in [0.2, 0.25) is 0 Å². The van der Waals surface area contributed by atoms with Crippen molar-refractivity contribution in [1.29, 1.82) is 0 Å². The number of rotatable bonds is 0. The van der Waals surface area contributed by atoms with Gasteiger partial charge in [-0.3, -0.25) is 4.79 Å². The highest BCUT2D eigenvalue weighted by molar-refractivity contribution is 7.90. The van der Waals surface area contributed by atoms with Crippen molar-refractivity contribution >= 4 is 22.0 Å². The molecule has 1 aromatic carbocycles. The molecular weight excluding hydrogens is 234 g/mol. The van der Waals surface area contributed by atoms with E-state index >= 15 is 0 Å². The third kappa shape index (κ3) is 2.48. The lowest BCUT2D eigenvalue weighted by Gasteiger charge is -1.91. The Kier molecular flexibility index (Phi) is 3.14. The van der Waals surface area contributed by atoms with Crippen LogP contribution >= 0.6 is 0 Å². The molecule has 1 aliphatic rings. The van der Waals surface area contributed by atoms with E-state index in [2.05, 4.69) is 11.5 Å². The van der Waals surface area contributed by atoms with Crippen LogP contribution < -0.4 is 16.2 Å². The number of carbonyl (C=O) groups is 2. The van der Waals surface area contributed by atoms with Crippen molar-refractivity contribution in [3.63, 3.8) is 0 Å². The Morgan fingerprint density at radius 2 is 1.69 bits per heavy atom. The largest absolute Gasteiger partial charge is 0.352 e. The van der Waals surface area contributed by atoms with E-state index in [0.717, 1.165) is 0 Å². The van der Waals surface area contributed by atoms with Crippen molar-refractivity contribution in [2.24, 2.45) is 11.5 Å². The van der Waals surface area contributed by atoms with E-state index in [1.807, 2.05) is 4.72 Å². The monoisotopic (exact) mass is 243 g/mol. The Balaban J connectivity index is 0.000000280. The topological polar surface area (TPSA) is 132 Å². The molecule has 0 aromatic heterocycles. The quantitative estimate of drug-likeness (QED) is 0.547.